The second kappa shape index (κ2) is 11.4. The second-order valence-electron chi connectivity index (χ2n) is 9.99. The van der Waals surface area contributed by atoms with E-state index in [1.54, 1.807) is 53.9 Å². The molecule has 6 rings (SSSR count). The van der Waals surface area contributed by atoms with Gasteiger partial charge in [0.05, 0.1) is 35.4 Å². The summed E-state index contributed by atoms with van der Waals surface area (Å²) in [4.78, 5) is 15.8. The Kier molecular flexibility index (Phi) is 7.59. The van der Waals surface area contributed by atoms with Gasteiger partial charge >= 0.3 is 5.97 Å². The van der Waals surface area contributed by atoms with Crippen molar-refractivity contribution in [2.75, 3.05) is 7.11 Å². The number of nitrogens with zero attached hydrogens (tertiary/aromatic N) is 2. The molecule has 0 spiro atoms. The summed E-state index contributed by atoms with van der Waals surface area (Å²) in [5, 5.41) is 2.75. The predicted octanol–water partition coefficient (Wildman–Crippen LogP) is 9.38. The molecule has 0 aliphatic carbocycles. The molecule has 0 saturated carbocycles. The lowest BCUT2D eigenvalue weighted by Crippen LogP contribution is -2.14. The van der Waals surface area contributed by atoms with Gasteiger partial charge in [0.2, 0.25) is 5.00 Å². The molecule has 0 aliphatic rings. The van der Waals surface area contributed by atoms with E-state index in [4.69, 9.17) is 22.9 Å². The molecule has 2 heterocycles. The van der Waals surface area contributed by atoms with Gasteiger partial charge in [0.15, 0.2) is 0 Å². The van der Waals surface area contributed by atoms with Crippen molar-refractivity contribution in [3.05, 3.63) is 130 Å². The van der Waals surface area contributed by atoms with E-state index in [-0.39, 0.29) is 21.7 Å². The van der Waals surface area contributed by atoms with Gasteiger partial charge in [-0.2, -0.15) is 11.3 Å². The number of esters is 1. The number of aryl methyl sites for hydroxylation is 1. The standard InChI is InChI=1S/C34H22ClFN2O4S2/c1-20-7-11-25(12-8-20)44(40,41)38-30-14-10-24(36)19-28(30)31(27-15-16-43-33(27)37-2)32(38)22-6-4-5-21(17-22)26-13-9-23(18-29(26)35)34(39)42-3/h4-19H,1,3H3. The smallest absolute Gasteiger partial charge is 0.337 e. The molecule has 0 unspecified atom stereocenters. The summed E-state index contributed by atoms with van der Waals surface area (Å²) in [7, 11) is -2.94. The molecule has 6 aromatic rings. The van der Waals surface area contributed by atoms with Gasteiger partial charge < -0.3 is 4.74 Å². The van der Waals surface area contributed by atoms with Crippen LogP contribution in [-0.2, 0) is 14.8 Å². The monoisotopic (exact) mass is 640 g/mol. The summed E-state index contributed by atoms with van der Waals surface area (Å²) in [6.45, 7) is 9.65. The molecule has 4 aromatic carbocycles. The maximum atomic E-state index is 14.8. The molecular formula is C34H22ClFN2O4S2. The average Bonchev–Trinajstić information content (AvgIpc) is 3.63. The van der Waals surface area contributed by atoms with Crippen molar-refractivity contribution in [2.24, 2.45) is 0 Å². The number of hydrogen-bond donors (Lipinski definition) is 0. The number of rotatable bonds is 6. The Bertz CT molecular complexity index is 2250. The number of ether oxygens (including phenoxy) is 1. The van der Waals surface area contributed by atoms with Crippen molar-refractivity contribution >= 4 is 54.8 Å². The Labute approximate surface area is 262 Å². The number of hydrogen-bond acceptors (Lipinski definition) is 5. The molecule has 218 valence electrons. The van der Waals surface area contributed by atoms with Crippen molar-refractivity contribution in [3.8, 4) is 33.5 Å². The highest BCUT2D eigenvalue weighted by atomic mass is 35.5. The van der Waals surface area contributed by atoms with E-state index in [0.717, 1.165) is 5.56 Å². The van der Waals surface area contributed by atoms with Crippen molar-refractivity contribution < 1.29 is 22.3 Å². The van der Waals surface area contributed by atoms with Crippen LogP contribution in [0.25, 0.3) is 49.3 Å². The summed E-state index contributed by atoms with van der Waals surface area (Å²) in [5.74, 6) is -1.07. The van der Waals surface area contributed by atoms with Crippen LogP contribution < -0.4 is 0 Å². The van der Waals surface area contributed by atoms with E-state index in [9.17, 15) is 17.6 Å². The van der Waals surface area contributed by atoms with Crippen molar-refractivity contribution in [1.29, 1.82) is 0 Å². The van der Waals surface area contributed by atoms with E-state index in [2.05, 4.69) is 4.85 Å². The minimum absolute atomic E-state index is 0.0606. The molecule has 0 N–H and O–H groups in total. The largest absolute Gasteiger partial charge is 0.465 e. The molecule has 2 aromatic heterocycles. The van der Waals surface area contributed by atoms with Crippen LogP contribution in [0.3, 0.4) is 0 Å². The maximum absolute atomic E-state index is 14.8. The number of fused-ring (bicyclic) bond motifs is 1. The number of carbonyl (C=O) groups excluding carboxylic acids is 1. The highest BCUT2D eigenvalue weighted by Crippen LogP contribution is 2.48. The summed E-state index contributed by atoms with van der Waals surface area (Å²) < 4.78 is 49.8. The van der Waals surface area contributed by atoms with Crippen molar-refractivity contribution in [3.63, 3.8) is 0 Å². The number of halogens is 2. The second-order valence-corrected chi connectivity index (χ2v) is 13.1. The van der Waals surface area contributed by atoms with Crippen molar-refractivity contribution in [2.45, 2.75) is 11.8 Å². The summed E-state index contributed by atoms with van der Waals surface area (Å²) in [6.07, 6.45) is 0. The molecule has 0 amide bonds. The zero-order valence-corrected chi connectivity index (χ0v) is 25.7. The molecule has 0 aliphatic heterocycles. The van der Waals surface area contributed by atoms with E-state index in [1.165, 1.54) is 58.8 Å². The minimum atomic E-state index is -4.22. The zero-order valence-electron chi connectivity index (χ0n) is 23.3. The van der Waals surface area contributed by atoms with Gasteiger partial charge in [-0.1, -0.05) is 59.6 Å². The third kappa shape index (κ3) is 4.97. The Hall–Kier alpha value is -4.75. The molecule has 0 fully saturated rings. The van der Waals surface area contributed by atoms with Crippen molar-refractivity contribution in [1.82, 2.24) is 3.97 Å². The van der Waals surface area contributed by atoms with Gasteiger partial charge in [0.25, 0.3) is 10.0 Å². The average molecular weight is 641 g/mol. The number of carbonyl (C=O) groups is 1. The van der Waals surface area contributed by atoms with E-state index in [0.29, 0.717) is 43.2 Å². The van der Waals surface area contributed by atoms with Crippen LogP contribution in [0.5, 0.6) is 0 Å². The van der Waals surface area contributed by atoms with Gasteiger partial charge in [0, 0.05) is 32.7 Å². The van der Waals surface area contributed by atoms with Crippen LogP contribution in [0.15, 0.2) is 101 Å². The fourth-order valence-electron chi connectivity index (χ4n) is 5.24. The minimum Gasteiger partial charge on any atom is -0.465 e. The fraction of sp³-hybridized carbons (Fsp3) is 0.0588. The van der Waals surface area contributed by atoms with E-state index >= 15 is 0 Å². The lowest BCUT2D eigenvalue weighted by atomic mass is 9.96. The highest BCUT2D eigenvalue weighted by Gasteiger charge is 2.30. The normalized spacial score (nSPS) is 11.4. The maximum Gasteiger partial charge on any atom is 0.337 e. The highest BCUT2D eigenvalue weighted by molar-refractivity contribution is 7.90. The van der Waals surface area contributed by atoms with Gasteiger partial charge in [-0.25, -0.2) is 26.4 Å². The number of aromatic nitrogens is 1. The SMILES string of the molecule is [C-]#[N+]c1sccc1-c1c(-c2cccc(-c3ccc(C(=O)OC)cc3Cl)c2)n(S(=O)(=O)c2ccc(C)cc2)c2ccc(F)cc12. The zero-order chi connectivity index (χ0) is 31.2. The van der Waals surface area contributed by atoms with Gasteiger partial charge in [-0.05, 0) is 66.4 Å². The summed E-state index contributed by atoms with van der Waals surface area (Å²) in [5.41, 5.74) is 4.41. The number of methoxy groups -OCH3 is 1. The molecule has 0 radical (unpaired) electrons. The lowest BCUT2D eigenvalue weighted by Gasteiger charge is -2.15. The molecule has 0 saturated heterocycles. The molecular weight excluding hydrogens is 619 g/mol. The Balaban J connectivity index is 1.70. The van der Waals surface area contributed by atoms with Crippen LogP contribution >= 0.6 is 22.9 Å². The first-order chi connectivity index (χ1) is 21.1. The van der Waals surface area contributed by atoms with Crippen LogP contribution in [0, 0.1) is 19.3 Å². The van der Waals surface area contributed by atoms with E-state index < -0.39 is 21.8 Å². The van der Waals surface area contributed by atoms with Gasteiger partial charge in [-0.3, -0.25) is 0 Å². The first-order valence-corrected chi connectivity index (χ1v) is 15.9. The topological polar surface area (TPSA) is 69.7 Å². The fourth-order valence-corrected chi connectivity index (χ4v) is 7.76. The summed E-state index contributed by atoms with van der Waals surface area (Å²) in [6, 6.07) is 24.2. The van der Waals surface area contributed by atoms with E-state index in [1.807, 2.05) is 13.0 Å². The van der Waals surface area contributed by atoms with Crippen LogP contribution in [-0.4, -0.2) is 25.5 Å². The molecule has 0 bridgehead atoms. The van der Waals surface area contributed by atoms with Gasteiger partial charge in [-0.15, -0.1) is 0 Å². The molecule has 6 nitrogen and oxygen atoms in total. The predicted molar refractivity (Wildman–Crippen MR) is 172 cm³/mol. The third-order valence-corrected chi connectivity index (χ3v) is 10.1. The number of thiophene rings is 1. The van der Waals surface area contributed by atoms with Gasteiger partial charge in [0.1, 0.15) is 5.82 Å². The molecule has 0 atom stereocenters. The number of benzene rings is 4. The Morgan fingerprint density at radius 1 is 0.955 bits per heavy atom. The lowest BCUT2D eigenvalue weighted by molar-refractivity contribution is 0.0600. The summed E-state index contributed by atoms with van der Waals surface area (Å²) >= 11 is 7.83. The first-order valence-electron chi connectivity index (χ1n) is 13.2. The quantitative estimate of drug-likeness (QED) is 0.134. The Morgan fingerprint density at radius 3 is 2.41 bits per heavy atom. The molecule has 10 heteroatoms. The third-order valence-electron chi connectivity index (χ3n) is 7.30. The molecule has 44 heavy (non-hydrogen) atoms. The van der Waals surface area contributed by atoms with Crippen LogP contribution in [0.1, 0.15) is 15.9 Å². The van der Waals surface area contributed by atoms with Crippen LogP contribution in [0.2, 0.25) is 5.02 Å². The Morgan fingerprint density at radius 2 is 1.70 bits per heavy atom. The first kappa shape index (κ1) is 29.3. The van der Waals surface area contributed by atoms with Crippen LogP contribution in [0.4, 0.5) is 9.39 Å².